The molecule has 2 heterocycles. The molecule has 0 bridgehead atoms. The van der Waals surface area contributed by atoms with Crippen molar-refractivity contribution in [1.82, 2.24) is 19.7 Å². The summed E-state index contributed by atoms with van der Waals surface area (Å²) in [6.45, 7) is 5.30. The normalized spacial score (nSPS) is 10.9. The Labute approximate surface area is 229 Å². The minimum Gasteiger partial charge on any atom is -0.497 e. The summed E-state index contributed by atoms with van der Waals surface area (Å²) in [5, 5.41) is 5.36. The fourth-order valence-corrected chi connectivity index (χ4v) is 4.74. The molecule has 0 atom stereocenters. The summed E-state index contributed by atoms with van der Waals surface area (Å²) < 4.78 is 18.4. The van der Waals surface area contributed by atoms with Gasteiger partial charge in [-0.25, -0.2) is 4.98 Å². The summed E-state index contributed by atoms with van der Waals surface area (Å²) in [5.41, 5.74) is 4.61. The number of anilines is 1. The first-order chi connectivity index (χ1) is 18.7. The van der Waals surface area contributed by atoms with Crippen molar-refractivity contribution in [2.24, 2.45) is 0 Å². The van der Waals surface area contributed by atoms with Gasteiger partial charge < -0.3 is 24.0 Å². The Hall–Kier alpha value is -4.27. The second-order valence-electron chi connectivity index (χ2n) is 9.73. The molecule has 0 N–H and O–H groups in total. The van der Waals surface area contributed by atoms with Crippen LogP contribution in [0, 0.1) is 13.8 Å². The van der Waals surface area contributed by atoms with E-state index in [9.17, 15) is 4.79 Å². The number of hydrogen-bond donors (Lipinski definition) is 0. The summed E-state index contributed by atoms with van der Waals surface area (Å²) in [6.07, 6.45) is 0.327. The van der Waals surface area contributed by atoms with E-state index in [0.717, 1.165) is 39.5 Å². The van der Waals surface area contributed by atoms with Gasteiger partial charge in [0.2, 0.25) is 5.91 Å². The zero-order valence-electron chi connectivity index (χ0n) is 23.8. The van der Waals surface area contributed by atoms with Crippen molar-refractivity contribution in [2.75, 3.05) is 40.3 Å². The van der Waals surface area contributed by atoms with Gasteiger partial charge in [-0.2, -0.15) is 5.10 Å². The van der Waals surface area contributed by atoms with Gasteiger partial charge in [0.1, 0.15) is 28.6 Å². The molecule has 0 aliphatic heterocycles. The number of carbonyl (C=O) groups is 1. The summed E-state index contributed by atoms with van der Waals surface area (Å²) in [5.74, 6) is 2.93. The monoisotopic (exact) mass is 531 g/mol. The van der Waals surface area contributed by atoms with Gasteiger partial charge in [0.05, 0.1) is 27.0 Å². The first-order valence-electron chi connectivity index (χ1n) is 12.9. The van der Waals surface area contributed by atoms with E-state index in [4.69, 9.17) is 19.2 Å². The number of ether oxygens (including phenoxy) is 3. The molecule has 4 aromatic rings. The number of aromatic nitrogens is 3. The van der Waals surface area contributed by atoms with E-state index in [1.807, 2.05) is 91.0 Å². The Morgan fingerprint density at radius 2 is 1.59 bits per heavy atom. The van der Waals surface area contributed by atoms with Crippen molar-refractivity contribution in [2.45, 2.75) is 39.9 Å². The van der Waals surface area contributed by atoms with Gasteiger partial charge in [-0.05, 0) is 55.8 Å². The van der Waals surface area contributed by atoms with E-state index in [2.05, 4.69) is 5.10 Å². The first kappa shape index (κ1) is 27.8. The van der Waals surface area contributed by atoms with Crippen LogP contribution in [0.3, 0.4) is 0 Å². The van der Waals surface area contributed by atoms with Crippen LogP contribution in [-0.4, -0.2) is 61.0 Å². The molecule has 9 heteroatoms. The molecule has 0 radical (unpaired) electrons. The highest BCUT2D eigenvalue weighted by Gasteiger charge is 2.21. The molecule has 0 saturated heterocycles. The summed E-state index contributed by atoms with van der Waals surface area (Å²) in [6, 6.07) is 15.6. The van der Waals surface area contributed by atoms with Crippen molar-refractivity contribution in [3.05, 3.63) is 71.0 Å². The van der Waals surface area contributed by atoms with Crippen LogP contribution in [0.5, 0.6) is 17.2 Å². The lowest BCUT2D eigenvalue weighted by atomic mass is 10.1. The summed E-state index contributed by atoms with van der Waals surface area (Å²) >= 11 is 0. The number of carbonyl (C=O) groups excluding carboxylic acids is 1. The second kappa shape index (κ2) is 12.1. The average molecular weight is 532 g/mol. The van der Waals surface area contributed by atoms with Crippen LogP contribution < -0.4 is 19.1 Å². The molecular formula is C30H37N5O4. The zero-order chi connectivity index (χ0) is 28.1. The Morgan fingerprint density at radius 3 is 2.18 bits per heavy atom. The maximum atomic E-state index is 13.7. The maximum Gasteiger partial charge on any atom is 0.225 e. The van der Waals surface area contributed by atoms with E-state index < -0.39 is 0 Å². The predicted molar refractivity (Wildman–Crippen MR) is 153 cm³/mol. The molecule has 4 rings (SSSR count). The quantitative estimate of drug-likeness (QED) is 0.276. The van der Waals surface area contributed by atoms with Crippen LogP contribution in [0.1, 0.15) is 28.9 Å². The second-order valence-corrected chi connectivity index (χ2v) is 9.73. The van der Waals surface area contributed by atoms with Crippen LogP contribution in [0.2, 0.25) is 0 Å². The lowest BCUT2D eigenvalue weighted by Crippen LogP contribution is -2.32. The maximum absolute atomic E-state index is 13.7. The van der Waals surface area contributed by atoms with Gasteiger partial charge in [0, 0.05) is 56.8 Å². The number of aryl methyl sites for hydroxylation is 3. The smallest absolute Gasteiger partial charge is 0.225 e. The van der Waals surface area contributed by atoms with Crippen LogP contribution in [0.4, 0.5) is 5.82 Å². The minimum absolute atomic E-state index is 0.0285. The molecule has 0 spiro atoms. The molecule has 206 valence electrons. The highest BCUT2D eigenvalue weighted by Crippen LogP contribution is 2.35. The molecule has 2 aromatic heterocycles. The van der Waals surface area contributed by atoms with Gasteiger partial charge >= 0.3 is 0 Å². The number of benzene rings is 2. The zero-order valence-corrected chi connectivity index (χ0v) is 23.8. The Balaban J connectivity index is 1.71. The lowest BCUT2D eigenvalue weighted by Gasteiger charge is -2.26. The van der Waals surface area contributed by atoms with Crippen molar-refractivity contribution in [3.8, 4) is 17.2 Å². The van der Waals surface area contributed by atoms with E-state index in [1.165, 1.54) is 0 Å². The third kappa shape index (κ3) is 6.25. The largest absolute Gasteiger partial charge is 0.497 e. The number of nitrogens with zero attached hydrogens (tertiary/aromatic N) is 5. The highest BCUT2D eigenvalue weighted by atomic mass is 16.5. The number of fused-ring (bicyclic) bond motifs is 1. The van der Waals surface area contributed by atoms with Crippen LogP contribution >= 0.6 is 0 Å². The molecule has 9 nitrogen and oxygen atoms in total. The van der Waals surface area contributed by atoms with Gasteiger partial charge in [-0.3, -0.25) is 9.48 Å². The fourth-order valence-electron chi connectivity index (χ4n) is 4.74. The molecule has 2 aromatic carbocycles. The molecule has 1 amide bonds. The number of amides is 1. The molecule has 0 saturated carbocycles. The molecule has 0 unspecified atom stereocenters. The van der Waals surface area contributed by atoms with Crippen molar-refractivity contribution in [3.63, 3.8) is 0 Å². The van der Waals surface area contributed by atoms with Gasteiger partial charge in [0.15, 0.2) is 0 Å². The predicted octanol–water partition coefficient (Wildman–Crippen LogP) is 4.76. The van der Waals surface area contributed by atoms with Crippen molar-refractivity contribution >= 4 is 22.6 Å². The standard InChI is InChI=1S/C30H37N5O4/c1-20-16-21(2)35(32-20)15-14-28(36)34(18-22-8-10-24(37-5)11-9-22)19-23-17-25-26(38-6)12-13-27(39-7)29(25)31-30(23)33(3)4/h8-13,16-17H,14-15,18-19H2,1-7H3. The molecule has 0 aliphatic carbocycles. The van der Waals surface area contributed by atoms with Crippen LogP contribution in [-0.2, 0) is 24.4 Å². The lowest BCUT2D eigenvalue weighted by molar-refractivity contribution is -0.132. The van der Waals surface area contributed by atoms with E-state index in [1.54, 1.807) is 21.3 Å². The summed E-state index contributed by atoms with van der Waals surface area (Å²) in [4.78, 5) is 22.5. The Kier molecular flexibility index (Phi) is 8.59. The molecular weight excluding hydrogens is 494 g/mol. The van der Waals surface area contributed by atoms with Crippen molar-refractivity contribution < 1.29 is 19.0 Å². The molecule has 0 aliphatic rings. The van der Waals surface area contributed by atoms with Crippen LogP contribution in [0.15, 0.2) is 48.5 Å². The SMILES string of the molecule is COc1ccc(CN(Cc2cc3c(OC)ccc(OC)c3nc2N(C)C)C(=O)CCn2nc(C)cc2C)cc1. The number of hydrogen-bond acceptors (Lipinski definition) is 7. The number of pyridine rings is 1. The van der Waals surface area contributed by atoms with E-state index >= 15 is 0 Å². The Bertz CT molecular complexity index is 1450. The van der Waals surface area contributed by atoms with Gasteiger partial charge in [-0.15, -0.1) is 0 Å². The van der Waals surface area contributed by atoms with Gasteiger partial charge in [0.25, 0.3) is 0 Å². The topological polar surface area (TPSA) is 82.0 Å². The molecule has 39 heavy (non-hydrogen) atoms. The van der Waals surface area contributed by atoms with E-state index in [0.29, 0.717) is 43.1 Å². The van der Waals surface area contributed by atoms with Gasteiger partial charge in [-0.1, -0.05) is 12.1 Å². The third-order valence-electron chi connectivity index (χ3n) is 6.71. The fraction of sp³-hybridized carbons (Fsp3) is 0.367. The first-order valence-corrected chi connectivity index (χ1v) is 12.9. The van der Waals surface area contributed by atoms with Crippen molar-refractivity contribution in [1.29, 1.82) is 0 Å². The average Bonchev–Trinajstić information content (AvgIpc) is 3.26. The third-order valence-corrected chi connectivity index (χ3v) is 6.71. The summed E-state index contributed by atoms with van der Waals surface area (Å²) in [7, 11) is 8.80. The Morgan fingerprint density at radius 1 is 0.897 bits per heavy atom. The van der Waals surface area contributed by atoms with Crippen LogP contribution in [0.25, 0.3) is 10.9 Å². The van der Waals surface area contributed by atoms with E-state index in [-0.39, 0.29) is 5.91 Å². The minimum atomic E-state index is 0.0285. The highest BCUT2D eigenvalue weighted by molar-refractivity contribution is 5.92. The number of methoxy groups -OCH3 is 3. The number of rotatable bonds is 11. The molecule has 0 fully saturated rings.